The Balaban J connectivity index is 1.41. The van der Waals surface area contributed by atoms with Crippen LogP contribution in [-0.2, 0) is 7.05 Å². The Morgan fingerprint density at radius 1 is 1.05 bits per heavy atom. The van der Waals surface area contributed by atoms with Crippen LogP contribution in [0.1, 0.15) is 12.0 Å². The number of anilines is 3. The van der Waals surface area contributed by atoms with Gasteiger partial charge in [-0.2, -0.15) is 5.26 Å². The van der Waals surface area contributed by atoms with Crippen LogP contribution in [0, 0.1) is 11.3 Å². The molecule has 190 valence electrons. The van der Waals surface area contributed by atoms with Gasteiger partial charge >= 0.3 is 0 Å². The van der Waals surface area contributed by atoms with E-state index in [1.54, 1.807) is 18.6 Å². The van der Waals surface area contributed by atoms with Crippen molar-refractivity contribution < 1.29 is 5.11 Å². The summed E-state index contributed by atoms with van der Waals surface area (Å²) < 4.78 is 1.93. The summed E-state index contributed by atoms with van der Waals surface area (Å²) in [7, 11) is 1.94. The number of rotatable bonds is 9. The topological polar surface area (TPSA) is 112 Å². The molecule has 0 fully saturated rings. The molecule has 0 saturated carbocycles. The van der Waals surface area contributed by atoms with Crippen LogP contribution in [0.5, 0.6) is 0 Å². The summed E-state index contributed by atoms with van der Waals surface area (Å²) in [6, 6.07) is 17.8. The van der Waals surface area contributed by atoms with Crippen molar-refractivity contribution in [3.63, 3.8) is 0 Å². The minimum absolute atomic E-state index is 0.142. The summed E-state index contributed by atoms with van der Waals surface area (Å²) in [5, 5.41) is 27.5. The highest BCUT2D eigenvalue weighted by atomic mass is 35.5. The number of aryl methyl sites for hydroxylation is 1. The molecule has 0 radical (unpaired) electrons. The van der Waals surface area contributed by atoms with E-state index in [9.17, 15) is 5.26 Å². The monoisotopic (exact) mass is 541 g/mol. The molecule has 2 aromatic carbocycles. The third-order valence-electron chi connectivity index (χ3n) is 5.91. The number of aliphatic hydroxyl groups excluding tert-OH is 1. The van der Waals surface area contributed by atoms with Crippen molar-refractivity contribution in [1.82, 2.24) is 19.5 Å². The molecule has 0 aliphatic rings. The van der Waals surface area contributed by atoms with E-state index in [-0.39, 0.29) is 6.61 Å². The molecule has 3 N–H and O–H groups in total. The number of hydrogen-bond donors (Lipinski definition) is 3. The van der Waals surface area contributed by atoms with E-state index in [1.165, 1.54) is 11.8 Å². The fourth-order valence-corrected chi connectivity index (χ4v) is 5.02. The van der Waals surface area contributed by atoms with E-state index >= 15 is 0 Å². The molecule has 0 unspecified atom stereocenters. The summed E-state index contributed by atoms with van der Waals surface area (Å²) in [5.74, 6) is 0.759. The summed E-state index contributed by atoms with van der Waals surface area (Å²) in [4.78, 5) is 14.2. The van der Waals surface area contributed by atoms with Crippen molar-refractivity contribution in [2.45, 2.75) is 16.5 Å². The first-order valence-corrected chi connectivity index (χ1v) is 13.1. The maximum absolute atomic E-state index is 9.76. The number of pyridine rings is 2. The Hall–Kier alpha value is -4.10. The molecule has 38 heavy (non-hydrogen) atoms. The normalized spacial score (nSPS) is 10.9. The number of benzene rings is 2. The van der Waals surface area contributed by atoms with E-state index in [0.717, 1.165) is 43.6 Å². The molecular weight excluding hydrogens is 518 g/mol. The molecule has 0 saturated heterocycles. The van der Waals surface area contributed by atoms with Crippen molar-refractivity contribution in [3.8, 4) is 17.2 Å². The van der Waals surface area contributed by atoms with Gasteiger partial charge in [-0.1, -0.05) is 35.5 Å². The first-order chi connectivity index (χ1) is 18.6. The van der Waals surface area contributed by atoms with Crippen LogP contribution in [-0.4, -0.2) is 37.8 Å². The van der Waals surface area contributed by atoms with Crippen molar-refractivity contribution in [2.75, 3.05) is 23.8 Å². The van der Waals surface area contributed by atoms with Gasteiger partial charge in [0, 0.05) is 66.5 Å². The Morgan fingerprint density at radius 3 is 2.63 bits per heavy atom. The highest BCUT2D eigenvalue weighted by Gasteiger charge is 2.13. The number of nitriles is 1. The van der Waals surface area contributed by atoms with Crippen LogP contribution in [0.2, 0.25) is 5.02 Å². The lowest BCUT2D eigenvalue weighted by Gasteiger charge is -2.14. The SMILES string of the molecule is Cn1ccnc1Sc1ccc(Nc2c(C#N)cnc3cc(-c4ccc(NCCCO)nc4)ccc23)cc1Cl. The summed E-state index contributed by atoms with van der Waals surface area (Å²) >= 11 is 8.08. The van der Waals surface area contributed by atoms with Gasteiger partial charge in [-0.15, -0.1) is 0 Å². The zero-order chi connectivity index (χ0) is 26.5. The van der Waals surface area contributed by atoms with E-state index < -0.39 is 0 Å². The molecule has 0 spiro atoms. The average Bonchev–Trinajstić information content (AvgIpc) is 3.34. The van der Waals surface area contributed by atoms with E-state index in [4.69, 9.17) is 16.7 Å². The second kappa shape index (κ2) is 11.5. The lowest BCUT2D eigenvalue weighted by Crippen LogP contribution is -2.04. The Bertz CT molecular complexity index is 1630. The third kappa shape index (κ3) is 5.58. The molecule has 8 nitrogen and oxygen atoms in total. The second-order valence-corrected chi connectivity index (χ2v) is 9.94. The smallest absolute Gasteiger partial charge is 0.172 e. The molecule has 0 amide bonds. The predicted molar refractivity (Wildman–Crippen MR) is 152 cm³/mol. The van der Waals surface area contributed by atoms with Gasteiger partial charge in [0.05, 0.1) is 21.8 Å². The fourth-order valence-electron chi connectivity index (χ4n) is 3.91. The molecule has 0 aliphatic heterocycles. The van der Waals surface area contributed by atoms with Crippen LogP contribution >= 0.6 is 23.4 Å². The van der Waals surface area contributed by atoms with Gasteiger partial charge in [-0.25, -0.2) is 9.97 Å². The van der Waals surface area contributed by atoms with Crippen LogP contribution in [0.4, 0.5) is 17.2 Å². The standard InChI is InChI=1S/C28H24ClN7OS/c1-36-11-10-32-28(36)38-25-7-5-21(14-23(25)29)35-27-20(15-30)17-33-24-13-18(3-6-22(24)27)19-4-8-26(34-16-19)31-9-2-12-37/h3-8,10-11,13-14,16-17,37H,2,9,12H2,1H3,(H,31,34)(H,33,35). The van der Waals surface area contributed by atoms with Crippen LogP contribution < -0.4 is 10.6 Å². The zero-order valence-corrected chi connectivity index (χ0v) is 22.1. The lowest BCUT2D eigenvalue weighted by atomic mass is 10.0. The number of hydrogen-bond acceptors (Lipinski definition) is 8. The largest absolute Gasteiger partial charge is 0.396 e. The number of aliphatic hydroxyl groups is 1. The number of imidazole rings is 1. The minimum atomic E-state index is 0.142. The number of nitrogens with zero attached hydrogens (tertiary/aromatic N) is 5. The zero-order valence-electron chi connectivity index (χ0n) is 20.5. The Morgan fingerprint density at radius 2 is 1.92 bits per heavy atom. The van der Waals surface area contributed by atoms with Gasteiger partial charge in [-0.05, 0) is 48.4 Å². The van der Waals surface area contributed by atoms with Crippen LogP contribution in [0.3, 0.4) is 0 Å². The minimum Gasteiger partial charge on any atom is -0.396 e. The average molecular weight is 542 g/mol. The van der Waals surface area contributed by atoms with Gasteiger partial charge in [0.15, 0.2) is 5.16 Å². The van der Waals surface area contributed by atoms with Crippen molar-refractivity contribution in [2.24, 2.45) is 7.05 Å². The fraction of sp³-hybridized carbons (Fsp3) is 0.143. The first-order valence-electron chi connectivity index (χ1n) is 11.9. The predicted octanol–water partition coefficient (Wildman–Crippen LogP) is 6.24. The van der Waals surface area contributed by atoms with E-state index in [0.29, 0.717) is 29.2 Å². The molecule has 5 aromatic rings. The lowest BCUT2D eigenvalue weighted by molar-refractivity contribution is 0.292. The highest BCUT2D eigenvalue weighted by molar-refractivity contribution is 7.99. The second-order valence-electron chi connectivity index (χ2n) is 8.52. The van der Waals surface area contributed by atoms with Crippen molar-refractivity contribution in [1.29, 1.82) is 5.26 Å². The maximum Gasteiger partial charge on any atom is 0.172 e. The van der Waals surface area contributed by atoms with Crippen LogP contribution in [0.25, 0.3) is 22.0 Å². The molecule has 10 heteroatoms. The first kappa shape index (κ1) is 25.5. The third-order valence-corrected chi connectivity index (χ3v) is 7.48. The Labute approximate surface area is 229 Å². The summed E-state index contributed by atoms with van der Waals surface area (Å²) in [6.45, 7) is 0.805. The number of halogens is 1. The molecule has 0 aliphatic carbocycles. The summed E-state index contributed by atoms with van der Waals surface area (Å²) in [5.41, 5.74) is 4.54. The summed E-state index contributed by atoms with van der Waals surface area (Å²) in [6.07, 6.45) is 7.69. The molecular formula is C28H24ClN7OS. The highest BCUT2D eigenvalue weighted by Crippen LogP contribution is 2.36. The van der Waals surface area contributed by atoms with E-state index in [2.05, 4.69) is 31.7 Å². The molecule has 3 heterocycles. The van der Waals surface area contributed by atoms with Crippen molar-refractivity contribution >= 4 is 51.5 Å². The van der Waals surface area contributed by atoms with E-state index in [1.807, 2.05) is 66.3 Å². The van der Waals surface area contributed by atoms with Gasteiger partial charge < -0.3 is 20.3 Å². The van der Waals surface area contributed by atoms with Gasteiger partial charge in [0.1, 0.15) is 11.9 Å². The molecule has 0 bridgehead atoms. The number of aromatic nitrogens is 4. The maximum atomic E-state index is 9.76. The molecule has 3 aromatic heterocycles. The molecule has 0 atom stereocenters. The number of nitrogens with one attached hydrogen (secondary N) is 2. The van der Waals surface area contributed by atoms with Gasteiger partial charge in [0.2, 0.25) is 0 Å². The number of fused-ring (bicyclic) bond motifs is 1. The van der Waals surface area contributed by atoms with Crippen molar-refractivity contribution in [3.05, 3.63) is 83.9 Å². The molecule has 5 rings (SSSR count). The Kier molecular flexibility index (Phi) is 7.75. The van der Waals surface area contributed by atoms with Gasteiger partial charge in [-0.3, -0.25) is 4.98 Å². The quantitative estimate of drug-likeness (QED) is 0.188. The van der Waals surface area contributed by atoms with Crippen LogP contribution in [0.15, 0.2) is 83.4 Å². The van der Waals surface area contributed by atoms with Gasteiger partial charge in [0.25, 0.3) is 0 Å².